The topological polar surface area (TPSA) is 55.1 Å². The fraction of sp³-hybridized carbons (Fsp3) is 0.471. The van der Waals surface area contributed by atoms with Crippen LogP contribution in [0.4, 0.5) is 4.39 Å². The minimum Gasteiger partial charge on any atom is -0.352 e. The molecule has 1 aromatic rings. The van der Waals surface area contributed by atoms with Crippen LogP contribution in [0.3, 0.4) is 0 Å². The minimum absolute atomic E-state index is 0.179. The van der Waals surface area contributed by atoms with Crippen LogP contribution in [0.25, 0.3) is 0 Å². The Hall–Kier alpha value is -1.86. The van der Waals surface area contributed by atoms with Crippen LogP contribution in [0.15, 0.2) is 18.2 Å². The average Bonchev–Trinajstić information content (AvgIpc) is 2.45. The molecule has 0 bridgehead atoms. The van der Waals surface area contributed by atoms with Crippen molar-refractivity contribution in [1.82, 2.24) is 5.32 Å². The minimum atomic E-state index is -0.497. The van der Waals surface area contributed by atoms with Gasteiger partial charge in [0.05, 0.1) is 12.1 Å². The maximum atomic E-state index is 13.7. The zero-order valence-corrected chi connectivity index (χ0v) is 12.7. The highest BCUT2D eigenvalue weighted by molar-refractivity contribution is 5.94. The molecule has 0 saturated heterocycles. The highest BCUT2D eigenvalue weighted by Gasteiger charge is 2.08. The Morgan fingerprint density at radius 3 is 2.76 bits per heavy atom. The van der Waals surface area contributed by atoms with Crippen molar-refractivity contribution >= 4 is 5.91 Å². The Morgan fingerprint density at radius 1 is 1.38 bits per heavy atom. The number of carbonyl (C=O) groups excluding carboxylic acids is 1. The van der Waals surface area contributed by atoms with E-state index in [1.54, 1.807) is 6.07 Å². The Balaban J connectivity index is 2.49. The molecule has 0 atom stereocenters. The van der Waals surface area contributed by atoms with Gasteiger partial charge in [0.25, 0.3) is 5.91 Å². The van der Waals surface area contributed by atoms with Gasteiger partial charge in [0.1, 0.15) is 5.82 Å². The molecule has 0 saturated carbocycles. The number of benzene rings is 1. The molecule has 1 amide bonds. The molecule has 0 spiro atoms. The number of carbonyl (C=O) groups is 1. The van der Waals surface area contributed by atoms with Crippen molar-refractivity contribution in [2.45, 2.75) is 33.1 Å². The first-order chi connectivity index (χ1) is 10.0. The van der Waals surface area contributed by atoms with Crippen LogP contribution < -0.4 is 11.1 Å². The van der Waals surface area contributed by atoms with E-state index in [1.165, 1.54) is 12.1 Å². The number of halogens is 1. The third-order valence-corrected chi connectivity index (χ3v) is 3.05. The summed E-state index contributed by atoms with van der Waals surface area (Å²) in [5, 5.41) is 2.80. The van der Waals surface area contributed by atoms with Gasteiger partial charge in [-0.25, -0.2) is 4.39 Å². The summed E-state index contributed by atoms with van der Waals surface area (Å²) in [4.78, 5) is 11.9. The number of unbranched alkanes of at least 4 members (excludes halogenated alkanes) is 1. The summed E-state index contributed by atoms with van der Waals surface area (Å²) in [6.45, 7) is 5.15. The molecule has 1 aromatic carbocycles. The van der Waals surface area contributed by atoms with Crippen molar-refractivity contribution in [1.29, 1.82) is 0 Å². The van der Waals surface area contributed by atoms with Gasteiger partial charge < -0.3 is 11.1 Å². The average molecular weight is 290 g/mol. The molecule has 0 radical (unpaired) electrons. The molecule has 21 heavy (non-hydrogen) atoms. The largest absolute Gasteiger partial charge is 0.352 e. The summed E-state index contributed by atoms with van der Waals surface area (Å²) in [5.74, 6) is 5.14. The quantitative estimate of drug-likeness (QED) is 0.625. The molecule has 3 N–H and O–H groups in total. The first kappa shape index (κ1) is 17.2. The third kappa shape index (κ3) is 6.42. The highest BCUT2D eigenvalue weighted by atomic mass is 19.1. The second-order valence-electron chi connectivity index (χ2n) is 5.35. The zero-order chi connectivity index (χ0) is 15.7. The van der Waals surface area contributed by atoms with Crippen LogP contribution in [-0.4, -0.2) is 19.0 Å². The smallest absolute Gasteiger partial charge is 0.251 e. The molecule has 0 aliphatic carbocycles. The zero-order valence-electron chi connectivity index (χ0n) is 12.7. The lowest BCUT2D eigenvalue weighted by molar-refractivity contribution is 0.0952. The van der Waals surface area contributed by atoms with Crippen LogP contribution in [0.5, 0.6) is 0 Å². The van der Waals surface area contributed by atoms with Gasteiger partial charge in [-0.05, 0) is 30.5 Å². The Kier molecular flexibility index (Phi) is 7.49. The van der Waals surface area contributed by atoms with Gasteiger partial charge in [0, 0.05) is 12.1 Å². The summed E-state index contributed by atoms with van der Waals surface area (Å²) < 4.78 is 13.7. The molecule has 1 rings (SSSR count). The van der Waals surface area contributed by atoms with Gasteiger partial charge in [0.2, 0.25) is 0 Å². The summed E-state index contributed by atoms with van der Waals surface area (Å²) in [6.07, 6.45) is 3.17. The second-order valence-corrected chi connectivity index (χ2v) is 5.35. The van der Waals surface area contributed by atoms with Crippen molar-refractivity contribution < 1.29 is 9.18 Å². The summed E-state index contributed by atoms with van der Waals surface area (Å²) in [5.41, 5.74) is 5.82. The van der Waals surface area contributed by atoms with Crippen LogP contribution >= 0.6 is 0 Å². The summed E-state index contributed by atoms with van der Waals surface area (Å²) in [7, 11) is 0. The molecule has 3 nitrogen and oxygen atoms in total. The molecular formula is C17H23FN2O. The number of rotatable bonds is 6. The molecule has 0 unspecified atom stereocenters. The number of hydrogen-bond acceptors (Lipinski definition) is 2. The van der Waals surface area contributed by atoms with Crippen molar-refractivity contribution in [3.05, 3.63) is 35.1 Å². The molecule has 4 heteroatoms. The molecule has 0 aliphatic rings. The fourth-order valence-electron chi connectivity index (χ4n) is 1.89. The molecular weight excluding hydrogens is 267 g/mol. The number of nitrogens with one attached hydrogen (secondary N) is 1. The van der Waals surface area contributed by atoms with E-state index < -0.39 is 5.82 Å². The lowest BCUT2D eigenvalue weighted by atomic mass is 10.1. The maximum Gasteiger partial charge on any atom is 0.251 e. The lowest BCUT2D eigenvalue weighted by Gasteiger charge is -2.07. The van der Waals surface area contributed by atoms with E-state index in [0.717, 1.165) is 19.3 Å². The van der Waals surface area contributed by atoms with Crippen LogP contribution in [0.1, 0.15) is 49.0 Å². The maximum absolute atomic E-state index is 13.7. The van der Waals surface area contributed by atoms with E-state index in [9.17, 15) is 9.18 Å². The molecule has 0 fully saturated rings. The van der Waals surface area contributed by atoms with Gasteiger partial charge in [-0.1, -0.05) is 38.5 Å². The van der Waals surface area contributed by atoms with Crippen LogP contribution in [0.2, 0.25) is 0 Å². The van der Waals surface area contributed by atoms with Crippen molar-refractivity contribution in [2.24, 2.45) is 11.7 Å². The molecule has 0 aliphatic heterocycles. The van der Waals surface area contributed by atoms with Gasteiger partial charge in [-0.3, -0.25) is 4.79 Å². The number of hydrogen-bond donors (Lipinski definition) is 2. The van der Waals surface area contributed by atoms with Crippen molar-refractivity contribution in [3.63, 3.8) is 0 Å². The predicted molar refractivity (Wildman–Crippen MR) is 83.4 cm³/mol. The SMILES string of the molecule is CC(C)CCCCNC(=O)c1ccc(C#CCN)c(F)c1. The van der Waals surface area contributed by atoms with Gasteiger partial charge in [-0.2, -0.15) is 0 Å². The number of amides is 1. The summed E-state index contributed by atoms with van der Waals surface area (Å²) in [6, 6.07) is 4.29. The monoisotopic (exact) mass is 290 g/mol. The van der Waals surface area contributed by atoms with E-state index in [4.69, 9.17) is 5.73 Å². The normalized spacial score (nSPS) is 10.1. The molecule has 0 heterocycles. The Morgan fingerprint density at radius 2 is 2.14 bits per heavy atom. The van der Waals surface area contributed by atoms with E-state index in [-0.39, 0.29) is 18.0 Å². The van der Waals surface area contributed by atoms with E-state index in [1.807, 2.05) is 0 Å². The van der Waals surface area contributed by atoms with Crippen molar-refractivity contribution in [2.75, 3.05) is 13.1 Å². The Labute approximate surface area is 126 Å². The molecule has 0 aromatic heterocycles. The highest BCUT2D eigenvalue weighted by Crippen LogP contribution is 2.10. The van der Waals surface area contributed by atoms with Gasteiger partial charge in [0.15, 0.2) is 0 Å². The van der Waals surface area contributed by atoms with Crippen molar-refractivity contribution in [3.8, 4) is 11.8 Å². The van der Waals surface area contributed by atoms with Crippen LogP contribution in [-0.2, 0) is 0 Å². The van der Waals surface area contributed by atoms with Gasteiger partial charge in [-0.15, -0.1) is 0 Å². The predicted octanol–water partition coefficient (Wildman–Crippen LogP) is 2.69. The Bertz CT molecular complexity index is 529. The van der Waals surface area contributed by atoms with Gasteiger partial charge >= 0.3 is 0 Å². The van der Waals surface area contributed by atoms with E-state index in [0.29, 0.717) is 18.0 Å². The first-order valence-corrected chi connectivity index (χ1v) is 7.31. The lowest BCUT2D eigenvalue weighted by Crippen LogP contribution is -2.24. The fourth-order valence-corrected chi connectivity index (χ4v) is 1.89. The standard InChI is InChI=1S/C17H23FN2O/c1-13(2)6-3-4-11-20-17(21)15-9-8-14(7-5-10-19)16(18)12-15/h8-9,12-13H,3-4,6,10-11,19H2,1-2H3,(H,20,21). The number of nitrogens with two attached hydrogens (primary N) is 1. The summed E-state index contributed by atoms with van der Waals surface area (Å²) >= 11 is 0. The third-order valence-electron chi connectivity index (χ3n) is 3.05. The van der Waals surface area contributed by atoms with E-state index >= 15 is 0 Å². The van der Waals surface area contributed by atoms with Crippen LogP contribution in [0, 0.1) is 23.6 Å². The second kappa shape index (κ2) is 9.15. The van der Waals surface area contributed by atoms with E-state index in [2.05, 4.69) is 31.0 Å². The molecule has 114 valence electrons. The first-order valence-electron chi connectivity index (χ1n) is 7.31.